The topological polar surface area (TPSA) is 54.5 Å². The Hall–Kier alpha value is -1.36. The first-order chi connectivity index (χ1) is 9.25. The lowest BCUT2D eigenvalue weighted by atomic mass is 9.99. The summed E-state index contributed by atoms with van der Waals surface area (Å²) in [5, 5.41) is 0. The molecular weight excluding hydrogens is 274 g/mol. The molecule has 1 aliphatic rings. The maximum atomic E-state index is 12.7. The van der Waals surface area contributed by atoms with Crippen LogP contribution in [0.15, 0.2) is 29.2 Å². The van der Waals surface area contributed by atoms with Gasteiger partial charge in [0.25, 0.3) is 10.0 Å². The number of benzene rings is 1. The molecule has 0 aliphatic carbocycles. The van der Waals surface area contributed by atoms with Crippen molar-refractivity contribution in [3.8, 4) is 0 Å². The molecule has 0 aromatic heterocycles. The Labute approximate surface area is 120 Å². The number of sulfonamides is 1. The molecule has 1 aromatic carbocycles. The van der Waals surface area contributed by atoms with Gasteiger partial charge >= 0.3 is 0 Å². The van der Waals surface area contributed by atoms with Crippen molar-refractivity contribution < 1.29 is 13.2 Å². The van der Waals surface area contributed by atoms with Gasteiger partial charge in [-0.3, -0.25) is 4.79 Å². The van der Waals surface area contributed by atoms with E-state index in [0.717, 1.165) is 9.87 Å². The number of amides is 1. The highest BCUT2D eigenvalue weighted by molar-refractivity contribution is 7.89. The summed E-state index contributed by atoms with van der Waals surface area (Å²) >= 11 is 0. The molecule has 1 aliphatic heterocycles. The van der Waals surface area contributed by atoms with Gasteiger partial charge in [0.1, 0.15) is 0 Å². The van der Waals surface area contributed by atoms with E-state index in [9.17, 15) is 13.2 Å². The zero-order valence-electron chi connectivity index (χ0n) is 12.3. The molecule has 20 heavy (non-hydrogen) atoms. The summed E-state index contributed by atoms with van der Waals surface area (Å²) in [7, 11) is -3.75. The first-order valence-corrected chi connectivity index (χ1v) is 8.34. The Kier molecular flexibility index (Phi) is 3.91. The van der Waals surface area contributed by atoms with Crippen molar-refractivity contribution in [1.29, 1.82) is 0 Å². The number of aryl methyl sites for hydroxylation is 1. The highest BCUT2D eigenvalue weighted by atomic mass is 32.2. The van der Waals surface area contributed by atoms with Crippen molar-refractivity contribution in [2.45, 2.75) is 45.1 Å². The summed E-state index contributed by atoms with van der Waals surface area (Å²) in [6.45, 7) is 7.60. The lowest BCUT2D eigenvalue weighted by Crippen LogP contribution is -2.41. The fourth-order valence-corrected chi connectivity index (χ4v) is 4.41. The molecule has 0 bridgehead atoms. The third kappa shape index (κ3) is 2.46. The van der Waals surface area contributed by atoms with E-state index in [-0.39, 0.29) is 28.7 Å². The minimum absolute atomic E-state index is 0.115. The van der Waals surface area contributed by atoms with Crippen LogP contribution < -0.4 is 0 Å². The lowest BCUT2D eigenvalue weighted by molar-refractivity contribution is -0.127. The predicted octanol–water partition coefficient (Wildman–Crippen LogP) is 2.58. The number of carbonyl (C=O) groups is 1. The molecule has 110 valence electrons. The third-order valence-corrected chi connectivity index (χ3v) is 5.72. The van der Waals surface area contributed by atoms with Crippen LogP contribution in [0, 0.1) is 18.8 Å². The van der Waals surface area contributed by atoms with Crippen LogP contribution in [0.1, 0.15) is 32.8 Å². The van der Waals surface area contributed by atoms with Gasteiger partial charge in [-0.25, -0.2) is 12.7 Å². The van der Waals surface area contributed by atoms with Crippen molar-refractivity contribution in [2.75, 3.05) is 0 Å². The first-order valence-electron chi connectivity index (χ1n) is 6.90. The van der Waals surface area contributed by atoms with Crippen LogP contribution in [0.5, 0.6) is 0 Å². The van der Waals surface area contributed by atoms with Gasteiger partial charge in [-0.15, -0.1) is 0 Å². The van der Waals surface area contributed by atoms with Crippen LogP contribution in [-0.2, 0) is 14.8 Å². The number of hydrogen-bond acceptors (Lipinski definition) is 3. The zero-order valence-corrected chi connectivity index (χ0v) is 13.1. The van der Waals surface area contributed by atoms with Crippen LogP contribution in [0.2, 0.25) is 0 Å². The summed E-state index contributed by atoms with van der Waals surface area (Å²) in [5.74, 6) is -0.406. The molecule has 0 N–H and O–H groups in total. The van der Waals surface area contributed by atoms with Gasteiger partial charge < -0.3 is 0 Å². The van der Waals surface area contributed by atoms with Gasteiger partial charge in [0.2, 0.25) is 5.91 Å². The Morgan fingerprint density at radius 3 is 2.25 bits per heavy atom. The second-order valence-corrected chi connectivity index (χ2v) is 7.72. The normalized spacial score (nSPS) is 23.6. The maximum Gasteiger partial charge on any atom is 0.266 e. The van der Waals surface area contributed by atoms with E-state index in [1.54, 1.807) is 31.2 Å². The van der Waals surface area contributed by atoms with Crippen LogP contribution in [-0.4, -0.2) is 24.7 Å². The van der Waals surface area contributed by atoms with Crippen LogP contribution >= 0.6 is 0 Å². The van der Waals surface area contributed by atoms with Gasteiger partial charge in [0, 0.05) is 5.92 Å². The van der Waals surface area contributed by atoms with Crippen molar-refractivity contribution in [3.63, 3.8) is 0 Å². The van der Waals surface area contributed by atoms with E-state index in [1.807, 2.05) is 20.8 Å². The van der Waals surface area contributed by atoms with Crippen molar-refractivity contribution in [2.24, 2.45) is 11.8 Å². The molecule has 0 radical (unpaired) electrons. The van der Waals surface area contributed by atoms with Gasteiger partial charge in [-0.1, -0.05) is 38.5 Å². The van der Waals surface area contributed by atoms with Crippen molar-refractivity contribution >= 4 is 15.9 Å². The molecule has 0 unspecified atom stereocenters. The average molecular weight is 295 g/mol. The molecular formula is C15H21NO3S. The summed E-state index contributed by atoms with van der Waals surface area (Å²) in [6, 6.07) is 6.39. The van der Waals surface area contributed by atoms with Crippen molar-refractivity contribution in [3.05, 3.63) is 29.8 Å². The Balaban J connectivity index is 2.46. The number of rotatable bonds is 3. The largest absolute Gasteiger partial charge is 0.273 e. The molecule has 4 nitrogen and oxygen atoms in total. The van der Waals surface area contributed by atoms with Gasteiger partial charge in [0.15, 0.2) is 0 Å². The minimum atomic E-state index is -3.75. The minimum Gasteiger partial charge on any atom is -0.273 e. The lowest BCUT2D eigenvalue weighted by Gasteiger charge is -2.27. The van der Waals surface area contributed by atoms with E-state index >= 15 is 0 Å². The van der Waals surface area contributed by atoms with Crippen LogP contribution in [0.25, 0.3) is 0 Å². The molecule has 2 atom stereocenters. The average Bonchev–Trinajstić information content (AvgIpc) is 2.67. The fourth-order valence-electron chi connectivity index (χ4n) is 2.60. The number of carbonyl (C=O) groups excluding carboxylic acids is 1. The second kappa shape index (κ2) is 5.20. The Morgan fingerprint density at radius 1 is 1.20 bits per heavy atom. The third-order valence-electron chi connectivity index (χ3n) is 3.88. The quantitative estimate of drug-likeness (QED) is 0.861. The monoisotopic (exact) mass is 295 g/mol. The molecule has 1 saturated heterocycles. The van der Waals surface area contributed by atoms with Gasteiger partial charge in [-0.2, -0.15) is 0 Å². The van der Waals surface area contributed by atoms with E-state index < -0.39 is 10.0 Å². The number of hydrogen-bond donors (Lipinski definition) is 0. The SMILES string of the molecule is Cc1ccc(S(=O)(=O)N2C(=O)[C@@H](C)C[C@H]2C(C)C)cc1. The highest BCUT2D eigenvalue weighted by Crippen LogP contribution is 2.34. The molecule has 1 fully saturated rings. The Bertz CT molecular complexity index is 605. The maximum absolute atomic E-state index is 12.7. The van der Waals surface area contributed by atoms with E-state index in [4.69, 9.17) is 0 Å². The van der Waals surface area contributed by atoms with Gasteiger partial charge in [-0.05, 0) is 31.4 Å². The summed E-state index contributed by atoms with van der Waals surface area (Å²) in [5.41, 5.74) is 0.991. The Morgan fingerprint density at radius 2 is 1.75 bits per heavy atom. The highest BCUT2D eigenvalue weighted by Gasteiger charge is 2.45. The molecule has 5 heteroatoms. The van der Waals surface area contributed by atoms with Crippen LogP contribution in [0.3, 0.4) is 0 Å². The molecule has 1 amide bonds. The molecule has 2 rings (SSSR count). The standard InChI is InChI=1S/C15H21NO3S/c1-10(2)14-9-12(4)15(17)16(14)20(18,19)13-7-5-11(3)6-8-13/h5-8,10,12,14H,9H2,1-4H3/t12-,14-/m0/s1. The summed E-state index contributed by atoms with van der Waals surface area (Å²) in [4.78, 5) is 12.4. The van der Waals surface area contributed by atoms with Crippen molar-refractivity contribution in [1.82, 2.24) is 4.31 Å². The predicted molar refractivity (Wildman–Crippen MR) is 77.6 cm³/mol. The summed E-state index contributed by atoms with van der Waals surface area (Å²) < 4.78 is 26.5. The smallest absolute Gasteiger partial charge is 0.266 e. The van der Waals surface area contributed by atoms with E-state index in [1.165, 1.54) is 0 Å². The number of nitrogens with zero attached hydrogens (tertiary/aromatic N) is 1. The zero-order chi connectivity index (χ0) is 15.1. The van der Waals surface area contributed by atoms with E-state index in [0.29, 0.717) is 6.42 Å². The molecule has 1 aromatic rings. The van der Waals surface area contributed by atoms with E-state index in [2.05, 4.69) is 0 Å². The molecule has 0 saturated carbocycles. The summed E-state index contributed by atoms with van der Waals surface area (Å²) in [6.07, 6.45) is 0.599. The molecule has 0 spiro atoms. The van der Waals surface area contributed by atoms with Gasteiger partial charge in [0.05, 0.1) is 10.9 Å². The van der Waals surface area contributed by atoms with Crippen LogP contribution in [0.4, 0.5) is 0 Å². The second-order valence-electron chi connectivity index (χ2n) is 5.90. The fraction of sp³-hybridized carbons (Fsp3) is 0.533. The first kappa shape index (κ1) is 15.0. The molecule has 1 heterocycles.